The third kappa shape index (κ3) is 3.79. The average Bonchev–Trinajstić information content (AvgIpc) is 1.61. The molecule has 0 amide bonds. The highest BCUT2D eigenvalue weighted by Gasteiger charge is 1.59. The number of rotatable bonds is 1. The lowest BCUT2D eigenvalue weighted by Gasteiger charge is -1.80. The smallest absolute Gasteiger partial charge is 0.114 e. The van der Waals surface area contributed by atoms with Gasteiger partial charge in [-0.15, -0.1) is 0 Å². The topological polar surface area (TPSA) is 9.23 Å². The molecule has 0 bridgehead atoms. The molecule has 0 heterocycles. The largest absolute Gasteiger partial charge is 0.447 e. The quantitative estimate of drug-likeness (QED) is 0.351. The number of hydrogen-bond acceptors (Lipinski definition) is 1. The third-order valence-electron chi connectivity index (χ3n) is 0.275. The Labute approximate surface area is 40.3 Å². The van der Waals surface area contributed by atoms with E-state index in [2.05, 4.69) is 25.7 Å². The van der Waals surface area contributed by atoms with E-state index < -0.39 is 0 Å². The van der Waals surface area contributed by atoms with E-state index >= 15 is 0 Å². The van der Waals surface area contributed by atoms with Crippen LogP contribution in [0.25, 0.3) is 0 Å². The van der Waals surface area contributed by atoms with Gasteiger partial charge in [0, 0.05) is 0 Å². The van der Waals surface area contributed by atoms with Crippen molar-refractivity contribution in [3.8, 4) is 11.8 Å². The van der Waals surface area contributed by atoms with Gasteiger partial charge in [-0.25, -0.2) is 0 Å². The zero-order valence-electron chi connectivity index (χ0n) is 3.69. The van der Waals surface area contributed by atoms with E-state index in [1.54, 1.807) is 0 Å². The molecule has 0 radical (unpaired) electrons. The van der Waals surface area contributed by atoms with E-state index in [-0.39, 0.29) is 0 Å². The van der Waals surface area contributed by atoms with Crippen molar-refractivity contribution in [2.45, 2.75) is 6.92 Å². The molecule has 2 heteroatoms. The first-order valence-corrected chi connectivity index (χ1v) is 2.32. The first kappa shape index (κ1) is 5.79. The van der Waals surface area contributed by atoms with E-state index in [9.17, 15) is 0 Å². The van der Waals surface area contributed by atoms with Crippen molar-refractivity contribution >= 4 is 9.24 Å². The second kappa shape index (κ2) is 4.79. The van der Waals surface area contributed by atoms with E-state index in [1.165, 1.54) is 0 Å². The molecular formula is C4H7OP. The monoisotopic (exact) mass is 102 g/mol. The van der Waals surface area contributed by atoms with Crippen molar-refractivity contribution in [2.75, 3.05) is 6.61 Å². The van der Waals surface area contributed by atoms with Gasteiger partial charge in [0.15, 0.2) is 0 Å². The van der Waals surface area contributed by atoms with E-state index in [1.807, 2.05) is 6.92 Å². The van der Waals surface area contributed by atoms with Crippen LogP contribution in [0.3, 0.4) is 0 Å². The number of hydrogen-bond donors (Lipinski definition) is 0. The van der Waals surface area contributed by atoms with Crippen molar-refractivity contribution < 1.29 is 4.74 Å². The molecule has 34 valence electrons. The first-order chi connectivity index (χ1) is 2.91. The van der Waals surface area contributed by atoms with Crippen molar-refractivity contribution in [1.82, 2.24) is 0 Å². The fourth-order valence-corrected chi connectivity index (χ4v) is 0.197. The predicted octanol–water partition coefficient (Wildman–Crippen LogP) is 0.816. The van der Waals surface area contributed by atoms with E-state index in [4.69, 9.17) is 0 Å². The Hall–Kier alpha value is -0.210. The normalized spacial score (nSPS) is 5.67. The fraction of sp³-hybridized carbons (Fsp3) is 0.500. The van der Waals surface area contributed by atoms with Crippen LogP contribution in [0.15, 0.2) is 0 Å². The summed E-state index contributed by atoms with van der Waals surface area (Å²) < 4.78 is 4.60. The zero-order chi connectivity index (χ0) is 4.83. The fourth-order valence-electron chi connectivity index (χ4n) is 0.114. The summed E-state index contributed by atoms with van der Waals surface area (Å²) in [5.41, 5.74) is 2.51. The van der Waals surface area contributed by atoms with Gasteiger partial charge in [0.25, 0.3) is 0 Å². The first-order valence-electron chi connectivity index (χ1n) is 1.74. The lowest BCUT2D eigenvalue weighted by molar-refractivity contribution is 0.299. The van der Waals surface area contributed by atoms with Gasteiger partial charge in [-0.2, -0.15) is 0 Å². The maximum Gasteiger partial charge on any atom is 0.114 e. The minimum Gasteiger partial charge on any atom is -0.447 e. The Morgan fingerprint density at radius 1 is 1.83 bits per heavy atom. The molecule has 1 unspecified atom stereocenters. The minimum absolute atomic E-state index is 0.668. The highest BCUT2D eigenvalue weighted by Crippen LogP contribution is 1.70. The van der Waals surface area contributed by atoms with Crippen LogP contribution in [0, 0.1) is 11.8 Å². The summed E-state index contributed by atoms with van der Waals surface area (Å²) in [6.45, 7) is 2.57. The summed E-state index contributed by atoms with van der Waals surface area (Å²) in [6, 6.07) is 0. The molecule has 1 atom stereocenters. The summed E-state index contributed by atoms with van der Waals surface area (Å²) in [7, 11) is 2.24. The second-order valence-corrected chi connectivity index (χ2v) is 0.968. The Kier molecular flexibility index (Phi) is 4.62. The maximum absolute atomic E-state index is 4.60. The van der Waals surface area contributed by atoms with Gasteiger partial charge in [0.1, 0.15) is 6.11 Å². The molecule has 1 nitrogen and oxygen atoms in total. The lowest BCUT2D eigenvalue weighted by atomic mass is 10.9. The van der Waals surface area contributed by atoms with Gasteiger partial charge in [-0.3, -0.25) is 0 Å². The molecule has 0 N–H and O–H groups in total. The molecule has 0 saturated carbocycles. The standard InChI is InChI=1S/C4H7OP/c1-2-5-3-4-6/h2,6H2,1H3. The molecule has 0 aliphatic rings. The van der Waals surface area contributed by atoms with E-state index in [0.717, 1.165) is 0 Å². The van der Waals surface area contributed by atoms with Crippen molar-refractivity contribution in [1.29, 1.82) is 0 Å². The van der Waals surface area contributed by atoms with Crippen LogP contribution >= 0.6 is 9.24 Å². The van der Waals surface area contributed by atoms with Crippen molar-refractivity contribution in [2.24, 2.45) is 0 Å². The molecule has 0 aromatic rings. The van der Waals surface area contributed by atoms with Crippen LogP contribution in [-0.2, 0) is 4.74 Å². The van der Waals surface area contributed by atoms with Crippen LogP contribution < -0.4 is 0 Å². The molecule has 6 heavy (non-hydrogen) atoms. The summed E-state index contributed by atoms with van der Waals surface area (Å²) in [4.78, 5) is 0. The molecule has 0 spiro atoms. The minimum atomic E-state index is 0.668. The Morgan fingerprint density at radius 3 is 2.67 bits per heavy atom. The summed E-state index contributed by atoms with van der Waals surface area (Å²) in [6.07, 6.45) is 2.41. The maximum atomic E-state index is 4.60. The molecule has 0 aliphatic heterocycles. The average molecular weight is 102 g/mol. The second-order valence-electron chi connectivity index (χ2n) is 0.679. The highest BCUT2D eigenvalue weighted by molar-refractivity contribution is 7.23. The highest BCUT2D eigenvalue weighted by atomic mass is 31.0. The summed E-state index contributed by atoms with van der Waals surface area (Å²) in [5, 5.41) is 0. The van der Waals surface area contributed by atoms with Crippen LogP contribution in [0.2, 0.25) is 0 Å². The van der Waals surface area contributed by atoms with Gasteiger partial charge >= 0.3 is 0 Å². The van der Waals surface area contributed by atoms with E-state index in [0.29, 0.717) is 6.61 Å². The Morgan fingerprint density at radius 2 is 2.50 bits per heavy atom. The molecular weight excluding hydrogens is 95.0 g/mol. The third-order valence-corrected chi connectivity index (χ3v) is 0.393. The molecule has 0 aliphatic carbocycles. The molecule has 0 aromatic heterocycles. The summed E-state index contributed by atoms with van der Waals surface area (Å²) >= 11 is 0. The molecule has 0 rings (SSSR count). The molecule has 0 saturated heterocycles. The molecule has 0 aromatic carbocycles. The van der Waals surface area contributed by atoms with Crippen molar-refractivity contribution in [3.63, 3.8) is 0 Å². The van der Waals surface area contributed by atoms with Gasteiger partial charge in [-0.05, 0) is 12.6 Å². The van der Waals surface area contributed by atoms with Gasteiger partial charge in [-0.1, -0.05) is 9.24 Å². The Balaban J connectivity index is 2.79. The predicted molar refractivity (Wildman–Crippen MR) is 29.1 cm³/mol. The molecule has 0 fully saturated rings. The van der Waals surface area contributed by atoms with Gasteiger partial charge < -0.3 is 4.74 Å². The van der Waals surface area contributed by atoms with Crippen LogP contribution in [0.5, 0.6) is 0 Å². The van der Waals surface area contributed by atoms with Gasteiger partial charge in [0.2, 0.25) is 0 Å². The van der Waals surface area contributed by atoms with Crippen LogP contribution in [-0.4, -0.2) is 6.61 Å². The van der Waals surface area contributed by atoms with Crippen LogP contribution in [0.1, 0.15) is 6.92 Å². The lowest BCUT2D eigenvalue weighted by Crippen LogP contribution is -1.74. The van der Waals surface area contributed by atoms with Crippen LogP contribution in [0.4, 0.5) is 0 Å². The SMILES string of the molecule is CCOC#CP. The summed E-state index contributed by atoms with van der Waals surface area (Å²) in [5.74, 6) is 0. The van der Waals surface area contributed by atoms with Crippen molar-refractivity contribution in [3.05, 3.63) is 0 Å². The van der Waals surface area contributed by atoms with Gasteiger partial charge in [0.05, 0.1) is 6.61 Å². The Bertz CT molecular complexity index is 69.4. The number of ether oxygens (including phenoxy) is 1. The zero-order valence-corrected chi connectivity index (χ0v) is 4.85.